The highest BCUT2D eigenvalue weighted by molar-refractivity contribution is 7.91. The van der Waals surface area contributed by atoms with E-state index >= 15 is 0 Å². The first-order valence-corrected chi connectivity index (χ1v) is 7.85. The van der Waals surface area contributed by atoms with Gasteiger partial charge in [-0.2, -0.15) is 8.42 Å². The summed E-state index contributed by atoms with van der Waals surface area (Å²) in [5.74, 6) is 0. The van der Waals surface area contributed by atoms with Crippen LogP contribution in [0.3, 0.4) is 0 Å². The molecule has 0 atom stereocenters. The molecule has 0 aliphatic rings. The summed E-state index contributed by atoms with van der Waals surface area (Å²) in [6.45, 7) is 3.23. The van der Waals surface area contributed by atoms with Crippen molar-refractivity contribution >= 4 is 39.2 Å². The fraction of sp³-hybridized carbons (Fsp3) is 0.333. The van der Waals surface area contributed by atoms with Gasteiger partial charge in [-0.15, -0.1) is 0 Å². The van der Waals surface area contributed by atoms with Crippen LogP contribution in [0.25, 0.3) is 0 Å². The molecule has 1 aromatic carbocycles. The number of carbonyl (C=O) groups is 1. The van der Waals surface area contributed by atoms with Crippen LogP contribution in [0.1, 0.15) is 19.4 Å². The maximum Gasteiger partial charge on any atom is 0.422 e. The molecule has 0 fully saturated rings. The molecule has 0 aromatic heterocycles. The third-order valence-electron chi connectivity index (χ3n) is 2.43. The zero-order valence-corrected chi connectivity index (χ0v) is 13.5. The Bertz CT molecular complexity index is 626. The Morgan fingerprint density at radius 3 is 2.29 bits per heavy atom. The normalized spacial score (nSPS) is 11.0. The summed E-state index contributed by atoms with van der Waals surface area (Å²) in [6, 6.07) is 6.25. The standard InChI is InChI=1S/C12H17N3O4S2/c1-8(2)19-12(16)14-21(17,18)15(3)10-6-4-9(5-7-10)11(13)20/h4-8H,1-3H3,(H2,13,20)(H,14,16). The number of hydrogen-bond acceptors (Lipinski definition) is 5. The van der Waals surface area contributed by atoms with Gasteiger partial charge in [0.2, 0.25) is 0 Å². The van der Waals surface area contributed by atoms with Gasteiger partial charge in [0, 0.05) is 12.6 Å². The van der Waals surface area contributed by atoms with E-state index in [2.05, 4.69) is 0 Å². The first kappa shape index (κ1) is 17.2. The molecule has 0 unspecified atom stereocenters. The summed E-state index contributed by atoms with van der Waals surface area (Å²) in [5, 5.41) is 0. The topological polar surface area (TPSA) is 102 Å². The largest absolute Gasteiger partial charge is 0.446 e. The van der Waals surface area contributed by atoms with Gasteiger partial charge in [0.1, 0.15) is 4.99 Å². The SMILES string of the molecule is CC(C)OC(=O)NS(=O)(=O)N(C)c1ccc(C(N)=S)cc1. The molecule has 116 valence electrons. The minimum Gasteiger partial charge on any atom is -0.446 e. The van der Waals surface area contributed by atoms with Crippen molar-refractivity contribution in [3.63, 3.8) is 0 Å². The summed E-state index contributed by atoms with van der Waals surface area (Å²) in [5.41, 5.74) is 6.43. The number of nitrogens with two attached hydrogens (primary N) is 1. The second kappa shape index (κ2) is 6.72. The number of nitrogens with zero attached hydrogens (tertiary/aromatic N) is 1. The first-order valence-electron chi connectivity index (χ1n) is 6.00. The van der Waals surface area contributed by atoms with Gasteiger partial charge in [0.25, 0.3) is 0 Å². The van der Waals surface area contributed by atoms with Crippen LogP contribution in [0.15, 0.2) is 24.3 Å². The number of hydrogen-bond donors (Lipinski definition) is 2. The Labute approximate surface area is 129 Å². The van der Waals surface area contributed by atoms with E-state index in [1.807, 2.05) is 4.72 Å². The van der Waals surface area contributed by atoms with Crippen LogP contribution in [0, 0.1) is 0 Å². The summed E-state index contributed by atoms with van der Waals surface area (Å²) >= 11 is 4.81. The van der Waals surface area contributed by atoms with E-state index in [9.17, 15) is 13.2 Å². The lowest BCUT2D eigenvalue weighted by molar-refractivity contribution is 0.121. The van der Waals surface area contributed by atoms with E-state index in [0.717, 1.165) is 4.31 Å². The first-order chi connectivity index (χ1) is 9.63. The Hall–Kier alpha value is -1.87. The average molecular weight is 331 g/mol. The summed E-state index contributed by atoms with van der Waals surface area (Å²) < 4.78 is 31.5. The summed E-state index contributed by atoms with van der Waals surface area (Å²) in [4.78, 5) is 11.6. The van der Waals surface area contributed by atoms with Gasteiger partial charge in [-0.25, -0.2) is 9.52 Å². The quantitative estimate of drug-likeness (QED) is 0.785. The number of benzene rings is 1. The average Bonchev–Trinajstić information content (AvgIpc) is 2.36. The number of nitrogens with one attached hydrogen (secondary N) is 1. The maximum atomic E-state index is 12.0. The highest BCUT2D eigenvalue weighted by Gasteiger charge is 2.22. The van der Waals surface area contributed by atoms with Crippen molar-refractivity contribution in [2.24, 2.45) is 5.73 Å². The lowest BCUT2D eigenvalue weighted by Crippen LogP contribution is -2.42. The molecule has 0 aliphatic carbocycles. The molecule has 1 aromatic rings. The van der Waals surface area contributed by atoms with Crippen molar-refractivity contribution in [2.45, 2.75) is 20.0 Å². The Balaban J connectivity index is 2.88. The molecule has 0 bridgehead atoms. The number of rotatable bonds is 5. The van der Waals surface area contributed by atoms with Crippen LogP contribution in [-0.2, 0) is 14.9 Å². The number of anilines is 1. The fourth-order valence-corrected chi connectivity index (χ4v) is 2.32. The molecular weight excluding hydrogens is 314 g/mol. The molecule has 7 nitrogen and oxygen atoms in total. The lowest BCUT2D eigenvalue weighted by atomic mass is 10.2. The molecule has 0 saturated carbocycles. The molecule has 9 heteroatoms. The third kappa shape index (κ3) is 4.87. The van der Waals surface area contributed by atoms with E-state index in [1.165, 1.54) is 19.2 Å². The van der Waals surface area contributed by atoms with Crippen molar-refractivity contribution in [1.82, 2.24) is 4.72 Å². The maximum absolute atomic E-state index is 12.0. The lowest BCUT2D eigenvalue weighted by Gasteiger charge is -2.20. The highest BCUT2D eigenvalue weighted by atomic mass is 32.2. The van der Waals surface area contributed by atoms with Crippen LogP contribution >= 0.6 is 12.2 Å². The van der Waals surface area contributed by atoms with Gasteiger partial charge in [-0.3, -0.25) is 4.31 Å². The Morgan fingerprint density at radius 1 is 1.33 bits per heavy atom. The third-order valence-corrected chi connectivity index (χ3v) is 4.02. The van der Waals surface area contributed by atoms with Crippen molar-refractivity contribution in [2.75, 3.05) is 11.4 Å². The van der Waals surface area contributed by atoms with Crippen LogP contribution in [0.4, 0.5) is 10.5 Å². The summed E-state index contributed by atoms with van der Waals surface area (Å²) in [6.07, 6.45) is -1.45. The molecular formula is C12H17N3O4S2. The highest BCUT2D eigenvalue weighted by Crippen LogP contribution is 2.16. The number of thiocarbonyl (C=S) groups is 1. The van der Waals surface area contributed by atoms with Crippen molar-refractivity contribution in [3.8, 4) is 0 Å². The van der Waals surface area contributed by atoms with Gasteiger partial charge < -0.3 is 10.5 Å². The Kier molecular flexibility index (Phi) is 5.50. The van der Waals surface area contributed by atoms with Crippen LogP contribution in [0.2, 0.25) is 0 Å². The van der Waals surface area contributed by atoms with Gasteiger partial charge in [0.05, 0.1) is 11.8 Å². The zero-order valence-electron chi connectivity index (χ0n) is 11.9. The fourth-order valence-electron chi connectivity index (χ4n) is 1.39. The molecule has 3 N–H and O–H groups in total. The van der Waals surface area contributed by atoms with E-state index < -0.39 is 22.4 Å². The van der Waals surface area contributed by atoms with E-state index in [-0.39, 0.29) is 4.99 Å². The minimum atomic E-state index is -4.05. The van der Waals surface area contributed by atoms with E-state index in [0.29, 0.717) is 11.3 Å². The van der Waals surface area contributed by atoms with Crippen LogP contribution < -0.4 is 14.8 Å². The molecule has 0 saturated heterocycles. The number of carbonyl (C=O) groups excluding carboxylic acids is 1. The molecule has 21 heavy (non-hydrogen) atoms. The zero-order chi connectivity index (χ0) is 16.2. The van der Waals surface area contributed by atoms with Gasteiger partial charge in [0.15, 0.2) is 0 Å². The smallest absolute Gasteiger partial charge is 0.422 e. The van der Waals surface area contributed by atoms with Crippen LogP contribution in [0.5, 0.6) is 0 Å². The van der Waals surface area contributed by atoms with Crippen molar-refractivity contribution in [3.05, 3.63) is 29.8 Å². The monoisotopic (exact) mass is 331 g/mol. The molecule has 0 radical (unpaired) electrons. The second-order valence-electron chi connectivity index (χ2n) is 4.44. The van der Waals surface area contributed by atoms with Gasteiger partial charge in [-0.05, 0) is 38.1 Å². The molecule has 0 aliphatic heterocycles. The predicted octanol–water partition coefficient (Wildman–Crippen LogP) is 1.14. The van der Waals surface area contributed by atoms with Crippen LogP contribution in [-0.4, -0.2) is 32.7 Å². The molecule has 0 heterocycles. The predicted molar refractivity (Wildman–Crippen MR) is 84.4 cm³/mol. The second-order valence-corrected chi connectivity index (χ2v) is 6.58. The molecule has 1 amide bonds. The molecule has 0 spiro atoms. The Morgan fingerprint density at radius 2 is 1.86 bits per heavy atom. The number of amides is 1. The van der Waals surface area contributed by atoms with E-state index in [1.54, 1.807) is 26.0 Å². The van der Waals surface area contributed by atoms with Gasteiger partial charge >= 0.3 is 16.3 Å². The summed E-state index contributed by atoms with van der Waals surface area (Å²) in [7, 11) is -2.74. The van der Waals surface area contributed by atoms with Crippen molar-refractivity contribution < 1.29 is 17.9 Å². The van der Waals surface area contributed by atoms with E-state index in [4.69, 9.17) is 22.7 Å². The molecule has 1 rings (SSSR count). The number of ether oxygens (including phenoxy) is 1. The minimum absolute atomic E-state index is 0.214. The van der Waals surface area contributed by atoms with Gasteiger partial charge in [-0.1, -0.05) is 12.2 Å². The van der Waals surface area contributed by atoms with Crippen molar-refractivity contribution in [1.29, 1.82) is 0 Å².